The van der Waals surface area contributed by atoms with Gasteiger partial charge < -0.3 is 15.3 Å². The zero-order chi connectivity index (χ0) is 16.9. The topological polar surface area (TPSA) is 103 Å². The minimum Gasteiger partial charge on any atom is -0.478 e. The highest BCUT2D eigenvalue weighted by Crippen LogP contribution is 2.29. The lowest BCUT2D eigenvalue weighted by molar-refractivity contribution is -0.139. The summed E-state index contributed by atoms with van der Waals surface area (Å²) < 4.78 is 5.07. The van der Waals surface area contributed by atoms with Gasteiger partial charge in [0.15, 0.2) is 0 Å². The van der Waals surface area contributed by atoms with Crippen LogP contribution in [0.15, 0.2) is 54.6 Å². The van der Waals surface area contributed by atoms with E-state index in [1.165, 1.54) is 5.01 Å². The van der Waals surface area contributed by atoms with Crippen LogP contribution in [0.25, 0.3) is 0 Å². The fourth-order valence-corrected chi connectivity index (χ4v) is 2.29. The number of nitrogens with one attached hydrogen (secondary N) is 3. The fraction of sp³-hybridized carbons (Fsp3) is 0.125. The number of alkyl carbamates (subject to hydrolysis) is 1. The normalized spacial score (nSPS) is 13.6. The van der Waals surface area contributed by atoms with Crippen LogP contribution in [0, 0.1) is 0 Å². The standard InChI is InChI=1S/C16H16N4O4/c21-15(22)14(20-13-9-5-4-8-12(13)18-19-20)17-16(23)24-10-11-6-2-1-3-7-11/h1-9,14,18-19H,10H2,(H,17,23)(H,21,22). The Kier molecular flexibility index (Phi) is 4.48. The van der Waals surface area contributed by atoms with Crippen LogP contribution in [0.1, 0.15) is 5.56 Å². The first-order valence-electron chi connectivity index (χ1n) is 7.25. The maximum absolute atomic E-state index is 11.9. The minimum absolute atomic E-state index is 0.0568. The van der Waals surface area contributed by atoms with Gasteiger partial charge in [-0.2, -0.15) is 0 Å². The molecule has 2 aromatic rings. The summed E-state index contributed by atoms with van der Waals surface area (Å²) in [5.41, 5.74) is 7.68. The van der Waals surface area contributed by atoms with Crippen LogP contribution in [0.5, 0.6) is 0 Å². The highest BCUT2D eigenvalue weighted by molar-refractivity contribution is 5.86. The molecule has 1 amide bonds. The molecule has 1 unspecified atom stereocenters. The molecular weight excluding hydrogens is 312 g/mol. The molecule has 8 nitrogen and oxygen atoms in total. The van der Waals surface area contributed by atoms with Crippen LogP contribution < -0.4 is 21.3 Å². The van der Waals surface area contributed by atoms with Crippen LogP contribution in [0.4, 0.5) is 16.2 Å². The summed E-state index contributed by atoms with van der Waals surface area (Å²) in [6.45, 7) is 0.0568. The predicted octanol–water partition coefficient (Wildman–Crippen LogP) is 1.68. The van der Waals surface area contributed by atoms with Crippen molar-refractivity contribution in [2.24, 2.45) is 0 Å². The van der Waals surface area contributed by atoms with E-state index in [-0.39, 0.29) is 6.61 Å². The van der Waals surface area contributed by atoms with Crippen molar-refractivity contribution >= 4 is 23.4 Å². The largest absolute Gasteiger partial charge is 0.478 e. The number of ether oxygens (including phenoxy) is 1. The van der Waals surface area contributed by atoms with Gasteiger partial charge in [0.2, 0.25) is 6.17 Å². The molecule has 0 fully saturated rings. The molecular formula is C16H16N4O4. The number of carbonyl (C=O) groups excluding carboxylic acids is 1. The van der Waals surface area contributed by atoms with Gasteiger partial charge in [-0.1, -0.05) is 42.5 Å². The zero-order valence-electron chi connectivity index (χ0n) is 12.6. The number of para-hydroxylation sites is 2. The first-order valence-corrected chi connectivity index (χ1v) is 7.25. The van der Waals surface area contributed by atoms with Crippen LogP contribution >= 0.6 is 0 Å². The number of carboxylic acid groups (broad SMARTS) is 1. The van der Waals surface area contributed by atoms with Crippen LogP contribution in [0.2, 0.25) is 0 Å². The molecule has 24 heavy (non-hydrogen) atoms. The number of hydrogen-bond acceptors (Lipinski definition) is 6. The van der Waals surface area contributed by atoms with Crippen LogP contribution in [0.3, 0.4) is 0 Å². The molecule has 2 aromatic carbocycles. The number of amides is 1. The van der Waals surface area contributed by atoms with E-state index in [1.54, 1.807) is 18.2 Å². The van der Waals surface area contributed by atoms with Crippen molar-refractivity contribution in [3.05, 3.63) is 60.2 Å². The van der Waals surface area contributed by atoms with E-state index in [4.69, 9.17) is 4.74 Å². The molecule has 1 heterocycles. The minimum atomic E-state index is -1.33. The summed E-state index contributed by atoms with van der Waals surface area (Å²) in [7, 11) is 0. The Morgan fingerprint density at radius 3 is 2.58 bits per heavy atom. The number of hydrazine groups is 2. The zero-order valence-corrected chi connectivity index (χ0v) is 12.6. The summed E-state index contributed by atoms with van der Waals surface area (Å²) in [6, 6.07) is 16.2. The van der Waals surface area contributed by atoms with Crippen molar-refractivity contribution in [3.63, 3.8) is 0 Å². The van der Waals surface area contributed by atoms with E-state index in [9.17, 15) is 14.7 Å². The summed E-state index contributed by atoms with van der Waals surface area (Å²) in [5, 5.41) is 13.1. The van der Waals surface area contributed by atoms with Crippen molar-refractivity contribution in [1.82, 2.24) is 10.9 Å². The number of fused-ring (bicyclic) bond motifs is 1. The molecule has 0 saturated carbocycles. The second kappa shape index (κ2) is 6.88. The third-order valence-electron chi connectivity index (χ3n) is 3.43. The first-order chi connectivity index (χ1) is 11.6. The van der Waals surface area contributed by atoms with Gasteiger partial charge in [0.1, 0.15) is 6.61 Å². The predicted molar refractivity (Wildman–Crippen MR) is 86.9 cm³/mol. The van der Waals surface area contributed by atoms with Crippen molar-refractivity contribution in [3.8, 4) is 0 Å². The lowest BCUT2D eigenvalue weighted by atomic mass is 10.2. The number of nitrogens with zero attached hydrogens (tertiary/aromatic N) is 1. The number of anilines is 2. The van der Waals surface area contributed by atoms with E-state index in [1.807, 2.05) is 36.4 Å². The Morgan fingerprint density at radius 1 is 1.12 bits per heavy atom. The Labute approximate surface area is 138 Å². The first kappa shape index (κ1) is 15.6. The third-order valence-corrected chi connectivity index (χ3v) is 3.43. The molecule has 4 N–H and O–H groups in total. The van der Waals surface area contributed by atoms with Gasteiger partial charge in [-0.3, -0.25) is 10.3 Å². The average Bonchev–Trinajstić information content (AvgIpc) is 3.02. The third kappa shape index (κ3) is 3.39. The monoisotopic (exact) mass is 328 g/mol. The molecule has 0 saturated heterocycles. The fourth-order valence-electron chi connectivity index (χ4n) is 2.29. The Bertz CT molecular complexity index is 738. The lowest BCUT2D eigenvalue weighted by Crippen LogP contribution is -2.57. The smallest absolute Gasteiger partial charge is 0.409 e. The van der Waals surface area contributed by atoms with Gasteiger partial charge in [0.05, 0.1) is 11.4 Å². The van der Waals surface area contributed by atoms with Gasteiger partial charge in [-0.05, 0) is 17.7 Å². The molecule has 1 aliphatic heterocycles. The van der Waals surface area contributed by atoms with Gasteiger partial charge >= 0.3 is 12.1 Å². The van der Waals surface area contributed by atoms with Gasteiger partial charge in [0.25, 0.3) is 0 Å². The lowest BCUT2D eigenvalue weighted by Gasteiger charge is -2.25. The quantitative estimate of drug-likeness (QED) is 0.662. The van der Waals surface area contributed by atoms with Crippen molar-refractivity contribution in [1.29, 1.82) is 0 Å². The number of rotatable bonds is 5. The molecule has 0 radical (unpaired) electrons. The summed E-state index contributed by atoms with van der Waals surface area (Å²) in [4.78, 5) is 23.5. The van der Waals surface area contributed by atoms with Crippen molar-refractivity contribution in [2.45, 2.75) is 12.8 Å². The molecule has 124 valence electrons. The number of carbonyl (C=O) groups is 2. The Hall–Kier alpha value is -3.26. The van der Waals surface area contributed by atoms with Gasteiger partial charge in [-0.25, -0.2) is 9.59 Å². The molecule has 1 atom stereocenters. The van der Waals surface area contributed by atoms with Crippen molar-refractivity contribution < 1.29 is 19.4 Å². The summed E-state index contributed by atoms with van der Waals surface area (Å²) >= 11 is 0. The Morgan fingerprint density at radius 2 is 1.83 bits per heavy atom. The van der Waals surface area contributed by atoms with Gasteiger partial charge in [-0.15, -0.1) is 5.53 Å². The number of benzene rings is 2. The highest BCUT2D eigenvalue weighted by Gasteiger charge is 2.32. The maximum Gasteiger partial charge on any atom is 0.409 e. The molecule has 1 aliphatic rings. The van der Waals surface area contributed by atoms with E-state index < -0.39 is 18.2 Å². The summed E-state index contributed by atoms with van der Waals surface area (Å²) in [6.07, 6.45) is -2.15. The van der Waals surface area contributed by atoms with E-state index in [0.29, 0.717) is 11.4 Å². The number of carboxylic acids is 1. The highest BCUT2D eigenvalue weighted by atomic mass is 16.5. The molecule has 8 heteroatoms. The number of aliphatic carboxylic acids is 1. The van der Waals surface area contributed by atoms with E-state index in [2.05, 4.69) is 16.3 Å². The molecule has 0 spiro atoms. The molecule has 3 rings (SSSR count). The summed E-state index contributed by atoms with van der Waals surface area (Å²) in [5.74, 6) is -1.22. The second-order valence-electron chi connectivity index (χ2n) is 5.07. The van der Waals surface area contributed by atoms with Crippen LogP contribution in [-0.4, -0.2) is 23.3 Å². The van der Waals surface area contributed by atoms with Gasteiger partial charge in [0, 0.05) is 0 Å². The van der Waals surface area contributed by atoms with Crippen molar-refractivity contribution in [2.75, 3.05) is 10.4 Å². The van der Waals surface area contributed by atoms with E-state index >= 15 is 0 Å². The van der Waals surface area contributed by atoms with Crippen LogP contribution in [-0.2, 0) is 16.1 Å². The Balaban J connectivity index is 1.65. The SMILES string of the molecule is O=C(NC(C(=O)O)N1NNc2ccccc21)OCc1ccccc1. The number of hydrogen-bond donors (Lipinski definition) is 4. The molecule has 0 aromatic heterocycles. The molecule has 0 aliphatic carbocycles. The molecule has 0 bridgehead atoms. The van der Waals surface area contributed by atoms with E-state index in [0.717, 1.165) is 5.56 Å². The average molecular weight is 328 g/mol. The second-order valence-corrected chi connectivity index (χ2v) is 5.07. The maximum atomic E-state index is 11.9.